The summed E-state index contributed by atoms with van der Waals surface area (Å²) in [7, 11) is 0. The third-order valence-corrected chi connectivity index (χ3v) is 1.76. The lowest BCUT2D eigenvalue weighted by Crippen LogP contribution is -2.06. The molecule has 0 N–H and O–H groups in total. The largest absolute Gasteiger partial charge is 0.462 e. The van der Waals surface area contributed by atoms with Crippen molar-refractivity contribution in [1.29, 1.82) is 5.26 Å². The number of rotatable bonds is 3. The third kappa shape index (κ3) is 2.78. The molecule has 0 unspecified atom stereocenters. The van der Waals surface area contributed by atoms with E-state index in [0.717, 1.165) is 6.07 Å². The molecule has 0 aliphatic carbocycles. The van der Waals surface area contributed by atoms with Crippen molar-refractivity contribution in [2.75, 3.05) is 6.61 Å². The van der Waals surface area contributed by atoms with Gasteiger partial charge in [0.1, 0.15) is 11.9 Å². The Morgan fingerprint density at radius 1 is 1.60 bits per heavy atom. The highest BCUT2D eigenvalue weighted by atomic mass is 19.1. The van der Waals surface area contributed by atoms with Crippen LogP contribution in [0.4, 0.5) is 4.39 Å². The van der Waals surface area contributed by atoms with Crippen LogP contribution in [0.15, 0.2) is 18.2 Å². The van der Waals surface area contributed by atoms with Crippen LogP contribution in [0.1, 0.15) is 29.3 Å². The van der Waals surface area contributed by atoms with E-state index in [1.807, 2.05) is 6.92 Å². The molecule has 0 radical (unpaired) electrons. The van der Waals surface area contributed by atoms with E-state index in [9.17, 15) is 9.18 Å². The quantitative estimate of drug-likeness (QED) is 0.714. The van der Waals surface area contributed by atoms with Crippen molar-refractivity contribution in [3.05, 3.63) is 35.1 Å². The van der Waals surface area contributed by atoms with Crippen molar-refractivity contribution in [3.8, 4) is 6.07 Å². The average Bonchev–Trinajstić information content (AvgIpc) is 2.25. The number of hydrogen-bond donors (Lipinski definition) is 0. The Balaban J connectivity index is 2.84. The SMILES string of the molecule is CCCOC(=O)c1ccc(C#N)c(F)c1. The molecule has 1 aromatic rings. The number of carbonyl (C=O) groups is 1. The molecular weight excluding hydrogens is 197 g/mol. The molecule has 0 fully saturated rings. The van der Waals surface area contributed by atoms with Gasteiger partial charge < -0.3 is 4.74 Å². The number of ether oxygens (including phenoxy) is 1. The van der Waals surface area contributed by atoms with Crippen LogP contribution in [0.25, 0.3) is 0 Å². The lowest BCUT2D eigenvalue weighted by atomic mass is 10.1. The standard InChI is InChI=1S/C11H10FNO2/c1-2-5-15-11(14)8-3-4-9(7-13)10(12)6-8/h3-4,6H,2,5H2,1H3. The van der Waals surface area contributed by atoms with Crippen LogP contribution in [-0.4, -0.2) is 12.6 Å². The summed E-state index contributed by atoms with van der Waals surface area (Å²) in [4.78, 5) is 11.3. The fourth-order valence-corrected chi connectivity index (χ4v) is 1.01. The van der Waals surface area contributed by atoms with Crippen molar-refractivity contribution in [1.82, 2.24) is 0 Å². The summed E-state index contributed by atoms with van der Waals surface area (Å²) in [6.45, 7) is 2.17. The van der Waals surface area contributed by atoms with Crippen LogP contribution in [-0.2, 0) is 4.74 Å². The van der Waals surface area contributed by atoms with Gasteiger partial charge in [0.25, 0.3) is 0 Å². The minimum Gasteiger partial charge on any atom is -0.462 e. The van der Waals surface area contributed by atoms with Gasteiger partial charge in [-0.15, -0.1) is 0 Å². The van der Waals surface area contributed by atoms with Crippen molar-refractivity contribution in [2.45, 2.75) is 13.3 Å². The molecule has 78 valence electrons. The summed E-state index contributed by atoms with van der Waals surface area (Å²) in [6, 6.07) is 5.32. The Kier molecular flexibility index (Phi) is 3.81. The Hall–Kier alpha value is -1.89. The van der Waals surface area contributed by atoms with Gasteiger partial charge in [-0.1, -0.05) is 6.92 Å². The molecule has 0 saturated carbocycles. The van der Waals surface area contributed by atoms with E-state index in [1.165, 1.54) is 12.1 Å². The summed E-state index contributed by atoms with van der Waals surface area (Å²) < 4.78 is 17.9. The van der Waals surface area contributed by atoms with E-state index in [1.54, 1.807) is 6.07 Å². The third-order valence-electron chi connectivity index (χ3n) is 1.76. The monoisotopic (exact) mass is 207 g/mol. The molecule has 0 aliphatic heterocycles. The number of halogens is 1. The maximum absolute atomic E-state index is 13.1. The summed E-state index contributed by atoms with van der Waals surface area (Å²) in [5.74, 6) is -1.27. The van der Waals surface area contributed by atoms with Crippen molar-refractivity contribution < 1.29 is 13.9 Å². The summed E-state index contributed by atoms with van der Waals surface area (Å²) >= 11 is 0. The van der Waals surface area contributed by atoms with Gasteiger partial charge in [-0.05, 0) is 24.6 Å². The molecule has 0 saturated heterocycles. The molecule has 0 aromatic heterocycles. The van der Waals surface area contributed by atoms with Gasteiger partial charge >= 0.3 is 5.97 Å². The Labute approximate surface area is 87.1 Å². The first-order valence-electron chi connectivity index (χ1n) is 4.55. The van der Waals surface area contributed by atoms with Crippen LogP contribution in [0.3, 0.4) is 0 Å². The Bertz CT molecular complexity index is 410. The number of carbonyl (C=O) groups excluding carboxylic acids is 1. The summed E-state index contributed by atoms with van der Waals surface area (Å²) in [5, 5.41) is 8.48. The molecular formula is C11H10FNO2. The maximum Gasteiger partial charge on any atom is 0.338 e. The van der Waals surface area contributed by atoms with Crippen LogP contribution in [0, 0.1) is 17.1 Å². The summed E-state index contributed by atoms with van der Waals surface area (Å²) in [5.41, 5.74) is 0.0435. The smallest absolute Gasteiger partial charge is 0.338 e. The molecule has 1 aromatic carbocycles. The molecule has 0 atom stereocenters. The second-order valence-corrected chi connectivity index (χ2v) is 2.94. The van der Waals surface area contributed by atoms with Crippen molar-refractivity contribution >= 4 is 5.97 Å². The van der Waals surface area contributed by atoms with Crippen molar-refractivity contribution in [3.63, 3.8) is 0 Å². The number of benzene rings is 1. The molecule has 1 rings (SSSR count). The second kappa shape index (κ2) is 5.11. The first kappa shape index (κ1) is 11.2. The normalized spacial score (nSPS) is 9.40. The van der Waals surface area contributed by atoms with E-state index in [2.05, 4.69) is 0 Å². The lowest BCUT2D eigenvalue weighted by molar-refractivity contribution is 0.0504. The van der Waals surface area contributed by atoms with Gasteiger partial charge in [0, 0.05) is 0 Å². The average molecular weight is 207 g/mol. The van der Waals surface area contributed by atoms with Crippen LogP contribution in [0.2, 0.25) is 0 Å². The van der Waals surface area contributed by atoms with Gasteiger partial charge in [-0.2, -0.15) is 5.26 Å². The maximum atomic E-state index is 13.1. The van der Waals surface area contributed by atoms with Crippen LogP contribution in [0.5, 0.6) is 0 Å². The van der Waals surface area contributed by atoms with Gasteiger partial charge in [0.15, 0.2) is 0 Å². The Morgan fingerprint density at radius 3 is 2.87 bits per heavy atom. The highest BCUT2D eigenvalue weighted by Gasteiger charge is 2.10. The highest BCUT2D eigenvalue weighted by molar-refractivity contribution is 5.89. The number of nitriles is 1. The second-order valence-electron chi connectivity index (χ2n) is 2.94. The van der Waals surface area contributed by atoms with Gasteiger partial charge in [0.05, 0.1) is 17.7 Å². The molecule has 3 nitrogen and oxygen atoms in total. The number of nitrogens with zero attached hydrogens (tertiary/aromatic N) is 1. The fraction of sp³-hybridized carbons (Fsp3) is 0.273. The van der Waals surface area contributed by atoms with E-state index in [4.69, 9.17) is 10.00 Å². The first-order valence-corrected chi connectivity index (χ1v) is 4.55. The predicted molar refractivity (Wildman–Crippen MR) is 51.7 cm³/mol. The number of esters is 1. The molecule has 0 spiro atoms. The van der Waals surface area contributed by atoms with Gasteiger partial charge in [0.2, 0.25) is 0 Å². The summed E-state index contributed by atoms with van der Waals surface area (Å²) in [6.07, 6.45) is 0.713. The first-order chi connectivity index (χ1) is 7.19. The zero-order valence-electron chi connectivity index (χ0n) is 8.29. The molecule has 0 bridgehead atoms. The zero-order valence-corrected chi connectivity index (χ0v) is 8.29. The van der Waals surface area contributed by atoms with Gasteiger partial charge in [-0.3, -0.25) is 0 Å². The zero-order chi connectivity index (χ0) is 11.3. The predicted octanol–water partition coefficient (Wildman–Crippen LogP) is 2.26. The van der Waals surface area contributed by atoms with Crippen LogP contribution < -0.4 is 0 Å². The van der Waals surface area contributed by atoms with Crippen LogP contribution >= 0.6 is 0 Å². The topological polar surface area (TPSA) is 50.1 Å². The highest BCUT2D eigenvalue weighted by Crippen LogP contribution is 2.10. The number of hydrogen-bond acceptors (Lipinski definition) is 3. The molecule has 0 heterocycles. The van der Waals surface area contributed by atoms with E-state index in [-0.39, 0.29) is 11.1 Å². The molecule has 0 amide bonds. The van der Waals surface area contributed by atoms with Gasteiger partial charge in [-0.25, -0.2) is 9.18 Å². The van der Waals surface area contributed by atoms with Crippen molar-refractivity contribution in [2.24, 2.45) is 0 Å². The molecule has 15 heavy (non-hydrogen) atoms. The molecule has 0 aliphatic rings. The van der Waals surface area contributed by atoms with E-state index < -0.39 is 11.8 Å². The fourth-order valence-electron chi connectivity index (χ4n) is 1.01. The van der Waals surface area contributed by atoms with E-state index in [0.29, 0.717) is 13.0 Å². The van der Waals surface area contributed by atoms with E-state index >= 15 is 0 Å². The minimum atomic E-state index is -0.705. The Morgan fingerprint density at radius 2 is 2.33 bits per heavy atom. The lowest BCUT2D eigenvalue weighted by Gasteiger charge is -2.03. The minimum absolute atomic E-state index is 0.0814. The molecule has 4 heteroatoms.